The van der Waals surface area contributed by atoms with E-state index in [1.165, 1.54) is 0 Å². The Labute approximate surface area is 71.0 Å². The summed E-state index contributed by atoms with van der Waals surface area (Å²) in [6.07, 6.45) is -1.03. The molecule has 0 aliphatic heterocycles. The van der Waals surface area contributed by atoms with Gasteiger partial charge in [-0.05, 0) is 4.92 Å². The fraction of sp³-hybridized carbons (Fsp3) is 0.200. The van der Waals surface area contributed by atoms with Crippen LogP contribution in [0.5, 0.6) is 0 Å². The highest BCUT2D eigenvalue weighted by Gasteiger charge is 2.27. The lowest BCUT2D eigenvalue weighted by Gasteiger charge is -2.00. The van der Waals surface area contributed by atoms with Crippen LogP contribution in [0.3, 0.4) is 0 Å². The van der Waals surface area contributed by atoms with Crippen molar-refractivity contribution in [1.82, 2.24) is 10.2 Å². The van der Waals surface area contributed by atoms with Crippen molar-refractivity contribution in [2.75, 3.05) is 0 Å². The number of hydrogen-bond donors (Lipinski definition) is 3. The minimum Gasteiger partial charge on any atom is -0.479 e. The molecule has 0 saturated heterocycles. The van der Waals surface area contributed by atoms with Crippen molar-refractivity contribution in [3.63, 3.8) is 0 Å². The average molecular weight is 187 g/mol. The summed E-state index contributed by atoms with van der Waals surface area (Å²) in [5, 5.41) is 32.8. The maximum atomic E-state index is 10.3. The molecule has 70 valence electrons. The first-order valence-corrected chi connectivity index (χ1v) is 3.12. The fourth-order valence-electron chi connectivity index (χ4n) is 0.768. The Morgan fingerprint density at radius 2 is 2.38 bits per heavy atom. The van der Waals surface area contributed by atoms with E-state index in [4.69, 9.17) is 10.2 Å². The van der Waals surface area contributed by atoms with Gasteiger partial charge in [-0.3, -0.25) is 0 Å². The molecule has 0 aliphatic rings. The van der Waals surface area contributed by atoms with Gasteiger partial charge in [-0.15, -0.1) is 5.10 Å². The molecule has 1 aromatic rings. The van der Waals surface area contributed by atoms with Crippen molar-refractivity contribution >= 4 is 11.8 Å². The number of carboxylic acid groups (broad SMARTS) is 1. The van der Waals surface area contributed by atoms with Gasteiger partial charge in [0.05, 0.1) is 6.20 Å². The highest BCUT2D eigenvalue weighted by Crippen LogP contribution is 2.21. The molecule has 0 aliphatic carbocycles. The lowest BCUT2D eigenvalue weighted by molar-refractivity contribution is -0.390. The lowest BCUT2D eigenvalue weighted by Crippen LogP contribution is -2.11. The van der Waals surface area contributed by atoms with Crippen LogP contribution in [0.1, 0.15) is 11.7 Å². The molecule has 1 heterocycles. The van der Waals surface area contributed by atoms with Gasteiger partial charge in [0.25, 0.3) is 0 Å². The minimum absolute atomic E-state index is 0.363. The molecular weight excluding hydrogens is 182 g/mol. The molecule has 8 nitrogen and oxygen atoms in total. The fourth-order valence-corrected chi connectivity index (χ4v) is 0.768. The van der Waals surface area contributed by atoms with E-state index in [1.807, 2.05) is 5.10 Å². The first-order valence-electron chi connectivity index (χ1n) is 3.12. The third-order valence-corrected chi connectivity index (χ3v) is 1.36. The molecule has 8 heteroatoms. The number of nitro groups is 1. The van der Waals surface area contributed by atoms with E-state index in [1.54, 1.807) is 0 Å². The summed E-state index contributed by atoms with van der Waals surface area (Å²) in [4.78, 5) is 19.6. The summed E-state index contributed by atoms with van der Waals surface area (Å²) in [6, 6.07) is 0. The second-order valence-corrected chi connectivity index (χ2v) is 2.17. The molecule has 0 bridgehead atoms. The number of aliphatic hydroxyl groups is 1. The largest absolute Gasteiger partial charge is 0.479 e. The smallest absolute Gasteiger partial charge is 0.349 e. The molecule has 0 saturated carbocycles. The Balaban J connectivity index is 3.07. The quantitative estimate of drug-likeness (QED) is 0.429. The Morgan fingerprint density at radius 3 is 2.85 bits per heavy atom. The SMILES string of the molecule is O=C(O)C(O)c1cn[nH]c1[N+](=O)[O-]. The molecule has 0 spiro atoms. The number of aliphatic hydroxyl groups excluding tert-OH is 1. The minimum atomic E-state index is -1.93. The van der Waals surface area contributed by atoms with Crippen molar-refractivity contribution in [1.29, 1.82) is 0 Å². The van der Waals surface area contributed by atoms with Crippen LogP contribution >= 0.6 is 0 Å². The number of nitrogens with zero attached hydrogens (tertiary/aromatic N) is 2. The predicted octanol–water partition coefficient (Wildman–Crippen LogP) is -0.564. The summed E-state index contributed by atoms with van der Waals surface area (Å²) in [6.45, 7) is 0. The van der Waals surface area contributed by atoms with Crippen molar-refractivity contribution in [2.45, 2.75) is 6.10 Å². The number of nitrogens with one attached hydrogen (secondary N) is 1. The van der Waals surface area contributed by atoms with E-state index in [2.05, 4.69) is 5.10 Å². The summed E-state index contributed by atoms with van der Waals surface area (Å²) < 4.78 is 0. The second kappa shape index (κ2) is 3.19. The zero-order valence-corrected chi connectivity index (χ0v) is 6.17. The van der Waals surface area contributed by atoms with Crippen LogP contribution in [-0.2, 0) is 4.79 Å². The first kappa shape index (κ1) is 9.13. The number of H-pyrrole nitrogens is 1. The number of carbonyl (C=O) groups is 1. The Morgan fingerprint density at radius 1 is 1.77 bits per heavy atom. The number of aromatic nitrogens is 2. The Kier molecular flexibility index (Phi) is 2.24. The van der Waals surface area contributed by atoms with Crippen LogP contribution in [0.25, 0.3) is 0 Å². The molecule has 1 atom stereocenters. The standard InChI is InChI=1S/C5H5N3O5/c9-3(5(10)11)2-1-6-7-4(2)8(12)13/h1,3,9H,(H,6,7)(H,10,11). The van der Waals surface area contributed by atoms with Gasteiger partial charge in [0, 0.05) is 0 Å². The molecule has 13 heavy (non-hydrogen) atoms. The summed E-state index contributed by atoms with van der Waals surface area (Å²) in [7, 11) is 0. The molecule has 0 aromatic carbocycles. The maximum absolute atomic E-state index is 10.3. The second-order valence-electron chi connectivity index (χ2n) is 2.17. The Bertz CT molecular complexity index is 346. The third kappa shape index (κ3) is 1.62. The van der Waals surface area contributed by atoms with Crippen molar-refractivity contribution in [3.8, 4) is 0 Å². The summed E-state index contributed by atoms with van der Waals surface area (Å²) in [5.41, 5.74) is -0.363. The van der Waals surface area contributed by atoms with Gasteiger partial charge >= 0.3 is 11.8 Å². The average Bonchev–Trinajstić information content (AvgIpc) is 2.50. The van der Waals surface area contributed by atoms with E-state index in [0.717, 1.165) is 6.20 Å². The predicted molar refractivity (Wildman–Crippen MR) is 37.8 cm³/mol. The zero-order valence-electron chi connectivity index (χ0n) is 6.17. The van der Waals surface area contributed by atoms with Gasteiger partial charge in [-0.25, -0.2) is 4.79 Å². The number of aliphatic carboxylic acids is 1. The highest BCUT2D eigenvalue weighted by atomic mass is 16.6. The molecule has 3 N–H and O–H groups in total. The van der Waals surface area contributed by atoms with Crippen LogP contribution < -0.4 is 0 Å². The van der Waals surface area contributed by atoms with Gasteiger partial charge in [0.1, 0.15) is 5.56 Å². The van der Waals surface area contributed by atoms with E-state index < -0.39 is 22.8 Å². The van der Waals surface area contributed by atoms with Gasteiger partial charge in [-0.1, -0.05) is 5.10 Å². The number of rotatable bonds is 3. The molecular formula is C5H5N3O5. The topological polar surface area (TPSA) is 129 Å². The van der Waals surface area contributed by atoms with E-state index >= 15 is 0 Å². The molecule has 0 fully saturated rings. The van der Waals surface area contributed by atoms with E-state index in [0.29, 0.717) is 0 Å². The molecule has 1 aromatic heterocycles. The molecule has 0 radical (unpaired) electrons. The monoisotopic (exact) mass is 187 g/mol. The van der Waals surface area contributed by atoms with Gasteiger partial charge in [0.2, 0.25) is 0 Å². The number of hydrogen-bond acceptors (Lipinski definition) is 5. The van der Waals surface area contributed by atoms with Crippen LogP contribution in [0.2, 0.25) is 0 Å². The number of aromatic amines is 1. The van der Waals surface area contributed by atoms with Crippen LogP contribution in [-0.4, -0.2) is 31.3 Å². The van der Waals surface area contributed by atoms with Crippen molar-refractivity contribution in [3.05, 3.63) is 21.9 Å². The van der Waals surface area contributed by atoms with Crippen molar-refractivity contribution < 1.29 is 19.9 Å². The van der Waals surface area contributed by atoms with Crippen molar-refractivity contribution in [2.24, 2.45) is 0 Å². The first-order chi connectivity index (χ1) is 6.04. The van der Waals surface area contributed by atoms with Gasteiger partial charge in [0.15, 0.2) is 6.10 Å². The highest BCUT2D eigenvalue weighted by molar-refractivity contribution is 5.75. The third-order valence-electron chi connectivity index (χ3n) is 1.36. The van der Waals surface area contributed by atoms with E-state index in [9.17, 15) is 14.9 Å². The van der Waals surface area contributed by atoms with Gasteiger partial charge in [-0.2, -0.15) is 0 Å². The normalized spacial score (nSPS) is 12.4. The molecule has 0 amide bonds. The lowest BCUT2D eigenvalue weighted by atomic mass is 10.2. The van der Waals surface area contributed by atoms with E-state index in [-0.39, 0.29) is 5.56 Å². The van der Waals surface area contributed by atoms with Crippen LogP contribution in [0.15, 0.2) is 6.20 Å². The van der Waals surface area contributed by atoms with Crippen LogP contribution in [0, 0.1) is 10.1 Å². The number of carboxylic acids is 1. The molecule has 1 unspecified atom stereocenters. The Hall–Kier alpha value is -1.96. The van der Waals surface area contributed by atoms with Crippen LogP contribution in [0.4, 0.5) is 5.82 Å². The zero-order chi connectivity index (χ0) is 10.0. The maximum Gasteiger partial charge on any atom is 0.349 e. The summed E-state index contributed by atoms with van der Waals surface area (Å²) in [5.74, 6) is -2.18. The van der Waals surface area contributed by atoms with Gasteiger partial charge < -0.3 is 20.3 Å². The molecule has 1 rings (SSSR count). The summed E-state index contributed by atoms with van der Waals surface area (Å²) >= 11 is 0.